The van der Waals surface area contributed by atoms with Crippen LogP contribution in [-0.4, -0.2) is 40.1 Å². The standard InChI is InChI=1S/C16H18N2O2S/c1-11-3-2-4-12(7-11)16-17-13(10-21-16)8-15(20)18-6-5-14(19)9-18/h2-4,7,10,14,19H,5-6,8-9H2,1H3/t14-/m0/s1. The van der Waals surface area contributed by atoms with Crippen molar-refractivity contribution in [3.05, 3.63) is 40.9 Å². The largest absolute Gasteiger partial charge is 0.391 e. The highest BCUT2D eigenvalue weighted by molar-refractivity contribution is 7.13. The van der Waals surface area contributed by atoms with Crippen molar-refractivity contribution in [2.45, 2.75) is 25.9 Å². The summed E-state index contributed by atoms with van der Waals surface area (Å²) in [6, 6.07) is 8.21. The van der Waals surface area contributed by atoms with Crippen LogP contribution >= 0.6 is 11.3 Å². The summed E-state index contributed by atoms with van der Waals surface area (Å²) in [4.78, 5) is 18.4. The first kappa shape index (κ1) is 14.2. The quantitative estimate of drug-likeness (QED) is 0.946. The van der Waals surface area contributed by atoms with Crippen LogP contribution in [-0.2, 0) is 11.2 Å². The Hall–Kier alpha value is -1.72. The average molecular weight is 302 g/mol. The molecule has 1 fully saturated rings. The Morgan fingerprint density at radius 2 is 2.38 bits per heavy atom. The molecule has 0 aliphatic carbocycles. The van der Waals surface area contributed by atoms with E-state index in [2.05, 4.69) is 24.0 Å². The number of aliphatic hydroxyl groups is 1. The van der Waals surface area contributed by atoms with Gasteiger partial charge in [0, 0.05) is 24.0 Å². The number of aliphatic hydroxyl groups excluding tert-OH is 1. The number of hydrogen-bond donors (Lipinski definition) is 1. The molecular weight excluding hydrogens is 284 g/mol. The van der Waals surface area contributed by atoms with Gasteiger partial charge in [0.25, 0.3) is 0 Å². The predicted octanol–water partition coefficient (Wildman–Crippen LogP) is 2.25. The summed E-state index contributed by atoms with van der Waals surface area (Å²) in [5.41, 5.74) is 3.10. The Labute approximate surface area is 128 Å². The maximum atomic E-state index is 12.1. The lowest BCUT2D eigenvalue weighted by atomic mass is 10.1. The highest BCUT2D eigenvalue weighted by atomic mass is 32.1. The molecule has 0 radical (unpaired) electrons. The molecule has 1 amide bonds. The van der Waals surface area contributed by atoms with Gasteiger partial charge in [-0.15, -0.1) is 11.3 Å². The van der Waals surface area contributed by atoms with E-state index in [-0.39, 0.29) is 12.0 Å². The Balaban J connectivity index is 1.69. The van der Waals surface area contributed by atoms with E-state index < -0.39 is 0 Å². The minimum absolute atomic E-state index is 0.0487. The van der Waals surface area contributed by atoms with Crippen molar-refractivity contribution >= 4 is 17.2 Å². The molecule has 4 nitrogen and oxygen atoms in total. The van der Waals surface area contributed by atoms with Gasteiger partial charge in [-0.2, -0.15) is 0 Å². The second-order valence-electron chi connectivity index (χ2n) is 5.47. The fourth-order valence-electron chi connectivity index (χ4n) is 2.53. The number of hydrogen-bond acceptors (Lipinski definition) is 4. The minimum atomic E-state index is -0.368. The Morgan fingerprint density at radius 1 is 1.52 bits per heavy atom. The maximum absolute atomic E-state index is 12.1. The molecule has 1 N–H and O–H groups in total. The van der Waals surface area contributed by atoms with Crippen LogP contribution in [0.1, 0.15) is 17.7 Å². The van der Waals surface area contributed by atoms with E-state index in [1.165, 1.54) is 5.56 Å². The van der Waals surface area contributed by atoms with Gasteiger partial charge in [-0.25, -0.2) is 4.98 Å². The minimum Gasteiger partial charge on any atom is -0.391 e. The van der Waals surface area contributed by atoms with Crippen LogP contribution < -0.4 is 0 Å². The van der Waals surface area contributed by atoms with Crippen molar-refractivity contribution in [3.8, 4) is 10.6 Å². The van der Waals surface area contributed by atoms with E-state index in [9.17, 15) is 9.90 Å². The molecule has 110 valence electrons. The summed E-state index contributed by atoms with van der Waals surface area (Å²) in [6.07, 6.45) is 0.624. The van der Waals surface area contributed by atoms with E-state index >= 15 is 0 Å². The second kappa shape index (κ2) is 5.95. The molecular formula is C16H18N2O2S. The van der Waals surface area contributed by atoms with Crippen LogP contribution in [0, 0.1) is 6.92 Å². The van der Waals surface area contributed by atoms with Crippen molar-refractivity contribution in [2.75, 3.05) is 13.1 Å². The van der Waals surface area contributed by atoms with Crippen molar-refractivity contribution < 1.29 is 9.90 Å². The number of amides is 1. The molecule has 1 atom stereocenters. The van der Waals surface area contributed by atoms with E-state index in [0.29, 0.717) is 25.9 Å². The Morgan fingerprint density at radius 3 is 3.10 bits per heavy atom. The van der Waals surface area contributed by atoms with Crippen molar-refractivity contribution in [1.29, 1.82) is 0 Å². The number of likely N-dealkylation sites (tertiary alicyclic amines) is 1. The lowest BCUT2D eigenvalue weighted by Gasteiger charge is -2.14. The number of thiazole rings is 1. The first-order valence-electron chi connectivity index (χ1n) is 7.09. The molecule has 0 saturated carbocycles. The van der Waals surface area contributed by atoms with Crippen LogP contribution in [0.25, 0.3) is 10.6 Å². The molecule has 0 spiro atoms. The number of nitrogens with zero attached hydrogens (tertiary/aromatic N) is 2. The fraction of sp³-hybridized carbons (Fsp3) is 0.375. The van der Waals surface area contributed by atoms with Crippen LogP contribution in [0.4, 0.5) is 0 Å². The van der Waals surface area contributed by atoms with Crippen molar-refractivity contribution in [2.24, 2.45) is 0 Å². The van der Waals surface area contributed by atoms with Crippen molar-refractivity contribution in [1.82, 2.24) is 9.88 Å². The molecule has 5 heteroatoms. The van der Waals surface area contributed by atoms with Crippen LogP contribution in [0.5, 0.6) is 0 Å². The maximum Gasteiger partial charge on any atom is 0.228 e. The summed E-state index contributed by atoms with van der Waals surface area (Å²) in [5, 5.41) is 12.4. The zero-order chi connectivity index (χ0) is 14.8. The summed E-state index contributed by atoms with van der Waals surface area (Å²) in [5.74, 6) is 0.0487. The van der Waals surface area contributed by atoms with Gasteiger partial charge in [0.2, 0.25) is 5.91 Å². The van der Waals surface area contributed by atoms with Crippen LogP contribution in [0.15, 0.2) is 29.6 Å². The van der Waals surface area contributed by atoms with Gasteiger partial charge >= 0.3 is 0 Å². The van der Waals surface area contributed by atoms with Gasteiger partial charge < -0.3 is 10.0 Å². The molecule has 1 aromatic heterocycles. The summed E-state index contributed by atoms with van der Waals surface area (Å²) >= 11 is 1.57. The number of aromatic nitrogens is 1. The first-order chi connectivity index (χ1) is 10.1. The summed E-state index contributed by atoms with van der Waals surface area (Å²) < 4.78 is 0. The van der Waals surface area contributed by atoms with E-state index in [1.807, 2.05) is 17.5 Å². The van der Waals surface area contributed by atoms with Gasteiger partial charge in [0.1, 0.15) is 5.01 Å². The number of β-amino-alcohol motifs (C(OH)–C–C–N with tert-alkyl or cyclic N) is 1. The lowest BCUT2D eigenvalue weighted by Crippen LogP contribution is -2.30. The molecule has 2 aromatic rings. The van der Waals surface area contributed by atoms with Gasteiger partial charge in [0.05, 0.1) is 18.2 Å². The van der Waals surface area contributed by atoms with Crippen LogP contribution in [0.2, 0.25) is 0 Å². The highest BCUT2D eigenvalue weighted by Gasteiger charge is 2.24. The smallest absolute Gasteiger partial charge is 0.228 e. The summed E-state index contributed by atoms with van der Waals surface area (Å²) in [7, 11) is 0. The third kappa shape index (κ3) is 3.31. The zero-order valence-electron chi connectivity index (χ0n) is 12.0. The molecule has 1 aliphatic heterocycles. The van der Waals surface area contributed by atoms with Crippen molar-refractivity contribution in [3.63, 3.8) is 0 Å². The molecule has 3 rings (SSSR count). The van der Waals surface area contributed by atoms with E-state index in [1.54, 1.807) is 16.2 Å². The molecule has 1 saturated heterocycles. The average Bonchev–Trinajstić information content (AvgIpc) is 3.08. The molecule has 0 unspecified atom stereocenters. The molecule has 21 heavy (non-hydrogen) atoms. The Kier molecular flexibility index (Phi) is 4.03. The van der Waals surface area contributed by atoms with Crippen LogP contribution in [0.3, 0.4) is 0 Å². The molecule has 2 heterocycles. The normalized spacial score (nSPS) is 18.2. The third-order valence-corrected chi connectivity index (χ3v) is 4.61. The van der Waals surface area contributed by atoms with Gasteiger partial charge in [0.15, 0.2) is 0 Å². The molecule has 1 aromatic carbocycles. The second-order valence-corrected chi connectivity index (χ2v) is 6.33. The molecule has 1 aliphatic rings. The number of carbonyl (C=O) groups excluding carboxylic acids is 1. The monoisotopic (exact) mass is 302 g/mol. The number of aryl methyl sites for hydroxylation is 1. The molecule has 0 bridgehead atoms. The third-order valence-electron chi connectivity index (χ3n) is 3.67. The first-order valence-corrected chi connectivity index (χ1v) is 7.97. The number of carbonyl (C=O) groups is 1. The van der Waals surface area contributed by atoms with Gasteiger partial charge in [-0.1, -0.05) is 23.8 Å². The Bertz CT molecular complexity index is 653. The number of benzene rings is 1. The fourth-order valence-corrected chi connectivity index (χ4v) is 3.35. The SMILES string of the molecule is Cc1cccc(-c2nc(CC(=O)N3CC[C@H](O)C3)cs2)c1. The predicted molar refractivity (Wildman–Crippen MR) is 83.2 cm³/mol. The van der Waals surface area contributed by atoms with Gasteiger partial charge in [-0.3, -0.25) is 4.79 Å². The number of rotatable bonds is 3. The van der Waals surface area contributed by atoms with E-state index in [0.717, 1.165) is 16.3 Å². The van der Waals surface area contributed by atoms with Gasteiger partial charge in [-0.05, 0) is 19.4 Å². The zero-order valence-corrected chi connectivity index (χ0v) is 12.8. The lowest BCUT2D eigenvalue weighted by molar-refractivity contribution is -0.129. The van der Waals surface area contributed by atoms with E-state index in [4.69, 9.17) is 0 Å². The summed E-state index contributed by atoms with van der Waals surface area (Å²) in [6.45, 7) is 3.16. The highest BCUT2D eigenvalue weighted by Crippen LogP contribution is 2.25. The topological polar surface area (TPSA) is 53.4 Å².